The number of methoxy groups -OCH3 is 1. The van der Waals surface area contributed by atoms with Gasteiger partial charge in [-0.3, -0.25) is 0 Å². The summed E-state index contributed by atoms with van der Waals surface area (Å²) in [6, 6.07) is 7.46. The molecule has 2 unspecified atom stereocenters. The Morgan fingerprint density at radius 2 is 2.10 bits per heavy atom. The van der Waals surface area contributed by atoms with Gasteiger partial charge in [0, 0.05) is 13.2 Å². The van der Waals surface area contributed by atoms with Crippen LogP contribution < -0.4 is 15.8 Å². The second-order valence-corrected chi connectivity index (χ2v) is 4.99. The molecule has 5 nitrogen and oxygen atoms in total. The molecule has 1 aromatic rings. The monoisotopic (exact) mass is 299 g/mol. The van der Waals surface area contributed by atoms with Crippen LogP contribution in [0.2, 0.25) is 5.02 Å². The van der Waals surface area contributed by atoms with Gasteiger partial charge >= 0.3 is 0 Å². The molecule has 0 heterocycles. The van der Waals surface area contributed by atoms with E-state index in [1.807, 2.05) is 32.0 Å². The first-order valence-corrected chi connectivity index (χ1v) is 6.87. The first-order chi connectivity index (χ1) is 9.52. The fourth-order valence-electron chi connectivity index (χ4n) is 1.61. The van der Waals surface area contributed by atoms with Crippen LogP contribution in [0.25, 0.3) is 0 Å². The number of guanidine groups is 1. The molecule has 0 aliphatic carbocycles. The smallest absolute Gasteiger partial charge is 0.189 e. The molecule has 3 N–H and O–H groups in total. The van der Waals surface area contributed by atoms with Crippen LogP contribution in [0.3, 0.4) is 0 Å². The van der Waals surface area contributed by atoms with E-state index < -0.39 is 0 Å². The molecule has 0 bridgehead atoms. The number of ether oxygens (including phenoxy) is 2. The van der Waals surface area contributed by atoms with Gasteiger partial charge in [-0.05, 0) is 26.0 Å². The number of rotatable bonds is 7. The van der Waals surface area contributed by atoms with Crippen LogP contribution in [0.15, 0.2) is 29.3 Å². The summed E-state index contributed by atoms with van der Waals surface area (Å²) in [5.74, 6) is 1.03. The minimum atomic E-state index is -0.118. The molecule has 112 valence electrons. The van der Waals surface area contributed by atoms with E-state index in [4.69, 9.17) is 26.8 Å². The highest BCUT2D eigenvalue weighted by atomic mass is 35.5. The van der Waals surface area contributed by atoms with Crippen molar-refractivity contribution < 1.29 is 9.47 Å². The molecular weight excluding hydrogens is 278 g/mol. The van der Waals surface area contributed by atoms with Gasteiger partial charge in [0.05, 0.1) is 18.2 Å². The predicted octanol–water partition coefficient (Wildman–Crippen LogP) is 2.05. The van der Waals surface area contributed by atoms with Gasteiger partial charge < -0.3 is 20.5 Å². The maximum Gasteiger partial charge on any atom is 0.189 e. The lowest BCUT2D eigenvalue weighted by atomic mass is 10.3. The van der Waals surface area contributed by atoms with Crippen molar-refractivity contribution in [2.24, 2.45) is 10.7 Å². The SMILES string of the molecule is COCC(C)NC(N)=NCC(C)Oc1ccccc1Cl. The first-order valence-electron chi connectivity index (χ1n) is 6.49. The Bertz CT molecular complexity index is 440. The third-order valence-electron chi connectivity index (χ3n) is 2.49. The van der Waals surface area contributed by atoms with Crippen molar-refractivity contribution in [3.63, 3.8) is 0 Å². The number of para-hydroxylation sites is 1. The quantitative estimate of drug-likeness (QED) is 0.597. The van der Waals surface area contributed by atoms with E-state index in [9.17, 15) is 0 Å². The number of nitrogens with one attached hydrogen (secondary N) is 1. The average molecular weight is 300 g/mol. The highest BCUT2D eigenvalue weighted by Crippen LogP contribution is 2.24. The molecule has 0 radical (unpaired) electrons. The van der Waals surface area contributed by atoms with Gasteiger partial charge in [-0.2, -0.15) is 0 Å². The number of hydrogen-bond acceptors (Lipinski definition) is 3. The molecule has 0 spiro atoms. The zero-order chi connectivity index (χ0) is 15.0. The summed E-state index contributed by atoms with van der Waals surface area (Å²) < 4.78 is 10.7. The Morgan fingerprint density at radius 1 is 1.40 bits per heavy atom. The second-order valence-electron chi connectivity index (χ2n) is 4.59. The van der Waals surface area contributed by atoms with Gasteiger partial charge in [0.1, 0.15) is 11.9 Å². The lowest BCUT2D eigenvalue weighted by Gasteiger charge is -2.16. The molecule has 0 aliphatic rings. The molecule has 0 amide bonds. The lowest BCUT2D eigenvalue weighted by Crippen LogP contribution is -2.41. The van der Waals surface area contributed by atoms with Gasteiger partial charge in [-0.25, -0.2) is 4.99 Å². The van der Waals surface area contributed by atoms with Crippen molar-refractivity contribution in [2.45, 2.75) is 26.0 Å². The number of halogens is 1. The highest BCUT2D eigenvalue weighted by Gasteiger charge is 2.07. The maximum absolute atomic E-state index is 6.02. The third kappa shape index (κ3) is 6.12. The molecule has 0 aliphatic heterocycles. The summed E-state index contributed by atoms with van der Waals surface area (Å²) in [5.41, 5.74) is 5.78. The molecule has 0 aromatic heterocycles. The van der Waals surface area contributed by atoms with E-state index in [1.165, 1.54) is 0 Å². The Kier molecular flexibility index (Phi) is 7.18. The summed E-state index contributed by atoms with van der Waals surface area (Å²) in [7, 11) is 1.64. The third-order valence-corrected chi connectivity index (χ3v) is 2.81. The predicted molar refractivity (Wildman–Crippen MR) is 82.5 cm³/mol. The van der Waals surface area contributed by atoms with Gasteiger partial charge in [0.15, 0.2) is 5.96 Å². The fourth-order valence-corrected chi connectivity index (χ4v) is 1.79. The van der Waals surface area contributed by atoms with Crippen LogP contribution in [0.4, 0.5) is 0 Å². The molecule has 1 aromatic carbocycles. The van der Waals surface area contributed by atoms with E-state index in [-0.39, 0.29) is 12.1 Å². The lowest BCUT2D eigenvalue weighted by molar-refractivity contribution is 0.179. The van der Waals surface area contributed by atoms with Crippen LogP contribution in [0.5, 0.6) is 5.75 Å². The summed E-state index contributed by atoms with van der Waals surface area (Å²) in [6.07, 6.45) is -0.118. The Balaban J connectivity index is 2.42. The minimum absolute atomic E-state index is 0.114. The van der Waals surface area contributed by atoms with E-state index >= 15 is 0 Å². The van der Waals surface area contributed by atoms with Crippen LogP contribution in [0, 0.1) is 0 Å². The van der Waals surface area contributed by atoms with E-state index in [2.05, 4.69) is 10.3 Å². The van der Waals surface area contributed by atoms with Crippen LogP contribution in [0.1, 0.15) is 13.8 Å². The normalized spacial score (nSPS) is 14.7. The van der Waals surface area contributed by atoms with Crippen molar-refractivity contribution in [1.29, 1.82) is 0 Å². The number of nitrogens with zero attached hydrogens (tertiary/aromatic N) is 1. The Hall–Kier alpha value is -1.46. The zero-order valence-corrected chi connectivity index (χ0v) is 12.9. The minimum Gasteiger partial charge on any atom is -0.487 e. The Morgan fingerprint density at radius 3 is 2.75 bits per heavy atom. The second kappa shape index (κ2) is 8.66. The molecule has 20 heavy (non-hydrogen) atoms. The van der Waals surface area contributed by atoms with Crippen LogP contribution in [-0.4, -0.2) is 38.4 Å². The number of aliphatic imine (C=N–C) groups is 1. The number of hydrogen-bond donors (Lipinski definition) is 2. The van der Waals surface area contributed by atoms with E-state index in [0.717, 1.165) is 0 Å². The largest absolute Gasteiger partial charge is 0.487 e. The molecule has 2 atom stereocenters. The number of benzene rings is 1. The molecule has 0 saturated heterocycles. The van der Waals surface area contributed by atoms with E-state index in [1.54, 1.807) is 13.2 Å². The summed E-state index contributed by atoms with van der Waals surface area (Å²) in [4.78, 5) is 4.23. The van der Waals surface area contributed by atoms with E-state index in [0.29, 0.717) is 29.9 Å². The number of nitrogens with two attached hydrogens (primary N) is 1. The van der Waals surface area contributed by atoms with Gasteiger partial charge in [-0.15, -0.1) is 0 Å². The topological polar surface area (TPSA) is 68.9 Å². The van der Waals surface area contributed by atoms with Crippen molar-refractivity contribution >= 4 is 17.6 Å². The molecular formula is C14H22ClN3O2. The van der Waals surface area contributed by atoms with Crippen molar-refractivity contribution in [1.82, 2.24) is 5.32 Å². The average Bonchev–Trinajstić information content (AvgIpc) is 2.39. The standard InChI is InChI=1S/C14H22ClN3O2/c1-10(9-19-3)18-14(16)17-8-11(2)20-13-7-5-4-6-12(13)15/h4-7,10-11H,8-9H2,1-3H3,(H3,16,17,18). The van der Waals surface area contributed by atoms with Crippen molar-refractivity contribution in [3.05, 3.63) is 29.3 Å². The molecule has 6 heteroatoms. The summed E-state index contributed by atoms with van der Waals surface area (Å²) in [6.45, 7) is 4.90. The first kappa shape index (κ1) is 16.6. The molecule has 0 fully saturated rings. The maximum atomic E-state index is 6.02. The zero-order valence-electron chi connectivity index (χ0n) is 12.1. The summed E-state index contributed by atoms with van der Waals surface area (Å²) in [5, 5.41) is 3.62. The highest BCUT2D eigenvalue weighted by molar-refractivity contribution is 6.32. The van der Waals surface area contributed by atoms with Gasteiger partial charge in [0.2, 0.25) is 0 Å². The van der Waals surface area contributed by atoms with Crippen LogP contribution >= 0.6 is 11.6 Å². The van der Waals surface area contributed by atoms with Gasteiger partial charge in [0.25, 0.3) is 0 Å². The molecule has 0 saturated carbocycles. The molecule has 1 rings (SSSR count). The van der Waals surface area contributed by atoms with Gasteiger partial charge in [-0.1, -0.05) is 23.7 Å². The Labute approximate surface area is 125 Å². The van der Waals surface area contributed by atoms with Crippen molar-refractivity contribution in [2.75, 3.05) is 20.3 Å². The fraction of sp³-hybridized carbons (Fsp3) is 0.500. The van der Waals surface area contributed by atoms with Crippen molar-refractivity contribution in [3.8, 4) is 5.75 Å². The van der Waals surface area contributed by atoms with Crippen LogP contribution in [-0.2, 0) is 4.74 Å². The summed E-state index contributed by atoms with van der Waals surface area (Å²) >= 11 is 6.02.